The van der Waals surface area contributed by atoms with Crippen LogP contribution in [0.2, 0.25) is 0 Å². The Labute approximate surface area is 183 Å². The first-order chi connectivity index (χ1) is 14.8. The number of ether oxygens (including phenoxy) is 3. The summed E-state index contributed by atoms with van der Waals surface area (Å²) in [4.78, 5) is 13.8. The number of rotatable bonds is 7. The van der Waals surface area contributed by atoms with Crippen molar-refractivity contribution in [3.8, 4) is 28.4 Å². The Bertz CT molecular complexity index is 1140. The third kappa shape index (κ3) is 4.24. The normalized spacial score (nSPS) is 11.5. The molecule has 0 aliphatic rings. The fourth-order valence-electron chi connectivity index (χ4n) is 3.56. The van der Waals surface area contributed by atoms with Gasteiger partial charge >= 0.3 is 0 Å². The molecule has 6 heteroatoms. The van der Waals surface area contributed by atoms with Crippen LogP contribution in [-0.2, 0) is 4.79 Å². The van der Waals surface area contributed by atoms with Crippen LogP contribution in [0.1, 0.15) is 25.0 Å². The minimum atomic E-state index is -0.0837. The lowest BCUT2D eigenvalue weighted by atomic mass is 9.96. The standard InChI is InChI=1S/C25H29NO5/c1-8-30-24-16(3)25-20(13-18(24)15(2)11-23(27)26(4)5)21(14-31-25)19-12-17(28-6)9-10-22(19)29-7/h9-14H,8H2,1-7H3/b15-11+. The van der Waals surface area contributed by atoms with Crippen molar-refractivity contribution in [2.75, 3.05) is 34.9 Å². The van der Waals surface area contributed by atoms with E-state index in [1.165, 1.54) is 0 Å². The van der Waals surface area contributed by atoms with Gasteiger partial charge in [-0.05, 0) is 50.6 Å². The van der Waals surface area contributed by atoms with Gasteiger partial charge in [-0.15, -0.1) is 0 Å². The molecular weight excluding hydrogens is 394 g/mol. The number of allylic oxidation sites excluding steroid dienone is 1. The number of aryl methyl sites for hydroxylation is 1. The average molecular weight is 424 g/mol. The molecule has 0 saturated heterocycles. The summed E-state index contributed by atoms with van der Waals surface area (Å²) in [6.07, 6.45) is 3.34. The van der Waals surface area contributed by atoms with Crippen molar-refractivity contribution in [1.82, 2.24) is 4.90 Å². The van der Waals surface area contributed by atoms with Crippen LogP contribution in [0.15, 0.2) is 41.0 Å². The number of hydrogen-bond acceptors (Lipinski definition) is 5. The van der Waals surface area contributed by atoms with Gasteiger partial charge in [0, 0.05) is 47.8 Å². The van der Waals surface area contributed by atoms with Gasteiger partial charge < -0.3 is 23.5 Å². The lowest BCUT2D eigenvalue weighted by Gasteiger charge is -2.16. The Hall–Kier alpha value is -3.41. The summed E-state index contributed by atoms with van der Waals surface area (Å²) in [5, 5.41) is 0.910. The van der Waals surface area contributed by atoms with Crippen molar-refractivity contribution in [1.29, 1.82) is 0 Å². The molecule has 0 bridgehead atoms. The maximum Gasteiger partial charge on any atom is 0.246 e. The monoisotopic (exact) mass is 423 g/mol. The maximum absolute atomic E-state index is 12.3. The van der Waals surface area contributed by atoms with E-state index in [2.05, 4.69) is 0 Å². The molecule has 1 heterocycles. The number of carbonyl (C=O) groups is 1. The summed E-state index contributed by atoms with van der Waals surface area (Å²) in [7, 11) is 6.73. The first-order valence-corrected chi connectivity index (χ1v) is 10.1. The zero-order valence-corrected chi connectivity index (χ0v) is 19.2. The second-order valence-corrected chi connectivity index (χ2v) is 7.46. The number of methoxy groups -OCH3 is 2. The van der Waals surface area contributed by atoms with Crippen LogP contribution in [0.3, 0.4) is 0 Å². The second-order valence-electron chi connectivity index (χ2n) is 7.46. The Kier molecular flexibility index (Phi) is 6.59. The van der Waals surface area contributed by atoms with Gasteiger partial charge in [-0.2, -0.15) is 0 Å². The number of hydrogen-bond donors (Lipinski definition) is 0. The summed E-state index contributed by atoms with van der Waals surface area (Å²) in [5.74, 6) is 2.07. The van der Waals surface area contributed by atoms with Crippen molar-refractivity contribution < 1.29 is 23.4 Å². The SMILES string of the molecule is CCOc1c(/C(C)=C/C(=O)N(C)C)cc2c(-c3cc(OC)ccc3OC)coc2c1C. The van der Waals surface area contributed by atoms with Crippen molar-refractivity contribution in [2.24, 2.45) is 0 Å². The van der Waals surface area contributed by atoms with Crippen LogP contribution in [0.4, 0.5) is 0 Å². The lowest BCUT2D eigenvalue weighted by molar-refractivity contribution is -0.123. The van der Waals surface area contributed by atoms with Gasteiger partial charge in [0.15, 0.2) is 0 Å². The molecule has 3 aromatic rings. The molecule has 0 saturated carbocycles. The molecule has 1 amide bonds. The minimum Gasteiger partial charge on any atom is -0.497 e. The van der Waals surface area contributed by atoms with Crippen LogP contribution in [0.25, 0.3) is 27.7 Å². The summed E-state index contributed by atoms with van der Waals surface area (Å²) >= 11 is 0. The Balaban J connectivity index is 2.30. The highest BCUT2D eigenvalue weighted by Crippen LogP contribution is 2.43. The summed E-state index contributed by atoms with van der Waals surface area (Å²) < 4.78 is 22.9. The van der Waals surface area contributed by atoms with Crippen LogP contribution in [0.5, 0.6) is 17.2 Å². The van der Waals surface area contributed by atoms with E-state index in [0.717, 1.165) is 44.5 Å². The molecule has 0 aliphatic carbocycles. The summed E-state index contributed by atoms with van der Waals surface area (Å²) in [5.41, 5.74) is 5.03. The molecule has 0 unspecified atom stereocenters. The van der Waals surface area contributed by atoms with Gasteiger partial charge in [0.1, 0.15) is 22.8 Å². The number of likely N-dealkylation sites (N-methyl/N-ethyl adjacent to an activating group) is 1. The summed E-state index contributed by atoms with van der Waals surface area (Å²) in [6.45, 7) is 6.32. The third-order valence-electron chi connectivity index (χ3n) is 5.23. The highest BCUT2D eigenvalue weighted by Gasteiger charge is 2.21. The Morgan fingerprint density at radius 3 is 2.48 bits per heavy atom. The fourth-order valence-corrected chi connectivity index (χ4v) is 3.56. The van der Waals surface area contributed by atoms with E-state index >= 15 is 0 Å². The smallest absolute Gasteiger partial charge is 0.246 e. The molecular formula is C25H29NO5. The number of carbonyl (C=O) groups excluding carboxylic acids is 1. The average Bonchev–Trinajstić information content (AvgIpc) is 3.19. The molecule has 2 aromatic carbocycles. The van der Waals surface area contributed by atoms with E-state index in [9.17, 15) is 4.79 Å². The van der Waals surface area contributed by atoms with E-state index in [1.807, 2.05) is 45.0 Å². The fraction of sp³-hybridized carbons (Fsp3) is 0.320. The number of amides is 1. The second kappa shape index (κ2) is 9.16. The highest BCUT2D eigenvalue weighted by atomic mass is 16.5. The van der Waals surface area contributed by atoms with Gasteiger partial charge in [0.25, 0.3) is 0 Å². The van der Waals surface area contributed by atoms with Crippen LogP contribution >= 0.6 is 0 Å². The minimum absolute atomic E-state index is 0.0837. The molecule has 0 atom stereocenters. The first-order valence-electron chi connectivity index (χ1n) is 10.1. The molecule has 31 heavy (non-hydrogen) atoms. The number of benzene rings is 2. The number of fused-ring (bicyclic) bond motifs is 1. The molecule has 0 fully saturated rings. The van der Waals surface area contributed by atoms with Crippen molar-refractivity contribution >= 4 is 22.4 Å². The largest absolute Gasteiger partial charge is 0.497 e. The van der Waals surface area contributed by atoms with Crippen LogP contribution in [0, 0.1) is 6.92 Å². The molecule has 0 radical (unpaired) electrons. The highest BCUT2D eigenvalue weighted by molar-refractivity contribution is 6.02. The van der Waals surface area contributed by atoms with Gasteiger partial charge in [-0.1, -0.05) is 0 Å². The lowest BCUT2D eigenvalue weighted by Crippen LogP contribution is -2.19. The van der Waals surface area contributed by atoms with E-state index in [4.69, 9.17) is 18.6 Å². The zero-order chi connectivity index (χ0) is 22.7. The third-order valence-corrected chi connectivity index (χ3v) is 5.23. The van der Waals surface area contributed by atoms with Gasteiger partial charge in [0.2, 0.25) is 5.91 Å². The van der Waals surface area contributed by atoms with Crippen molar-refractivity contribution in [2.45, 2.75) is 20.8 Å². The van der Waals surface area contributed by atoms with E-state index in [0.29, 0.717) is 18.1 Å². The first kappa shape index (κ1) is 22.3. The van der Waals surface area contributed by atoms with Gasteiger partial charge in [-0.3, -0.25) is 4.79 Å². The molecule has 1 aromatic heterocycles. The van der Waals surface area contributed by atoms with E-state index in [-0.39, 0.29) is 5.91 Å². The van der Waals surface area contributed by atoms with Crippen LogP contribution < -0.4 is 14.2 Å². The van der Waals surface area contributed by atoms with E-state index < -0.39 is 0 Å². The molecule has 3 rings (SSSR count). The van der Waals surface area contributed by atoms with Gasteiger partial charge in [-0.25, -0.2) is 0 Å². The Morgan fingerprint density at radius 1 is 1.13 bits per heavy atom. The molecule has 164 valence electrons. The predicted molar refractivity (Wildman–Crippen MR) is 123 cm³/mol. The van der Waals surface area contributed by atoms with E-state index in [1.54, 1.807) is 45.6 Å². The molecule has 0 aliphatic heterocycles. The quantitative estimate of drug-likeness (QED) is 0.482. The summed E-state index contributed by atoms with van der Waals surface area (Å²) in [6, 6.07) is 7.66. The topological polar surface area (TPSA) is 61.1 Å². The van der Waals surface area contributed by atoms with Crippen molar-refractivity contribution in [3.05, 3.63) is 47.7 Å². The zero-order valence-electron chi connectivity index (χ0n) is 19.2. The molecule has 6 nitrogen and oxygen atoms in total. The maximum atomic E-state index is 12.3. The van der Waals surface area contributed by atoms with Crippen LogP contribution in [-0.4, -0.2) is 45.7 Å². The predicted octanol–water partition coefficient (Wildman–Crippen LogP) is 5.32. The number of nitrogens with zero attached hydrogens (tertiary/aromatic N) is 1. The van der Waals surface area contributed by atoms with Gasteiger partial charge in [0.05, 0.1) is 27.1 Å². The molecule has 0 spiro atoms. The number of furan rings is 1. The molecule has 0 N–H and O–H groups in total. The van der Waals surface area contributed by atoms with Crippen molar-refractivity contribution in [3.63, 3.8) is 0 Å². The Morgan fingerprint density at radius 2 is 1.87 bits per heavy atom.